The van der Waals surface area contributed by atoms with Crippen molar-refractivity contribution in [2.24, 2.45) is 35.5 Å². The minimum absolute atomic E-state index is 0.00281. The molecule has 3 saturated carbocycles. The number of fused-ring (bicyclic) bond motifs is 1. The van der Waals surface area contributed by atoms with Gasteiger partial charge < -0.3 is 55.1 Å². The second-order valence-electron chi connectivity index (χ2n) is 28.2. The number of halogens is 6. The fraction of sp³-hybridized carbons (Fsp3) is 0.831. The predicted octanol–water partition coefficient (Wildman–Crippen LogP) is 5.81. The van der Waals surface area contributed by atoms with Gasteiger partial charge in [0.25, 0.3) is 5.92 Å². The number of rotatable bonds is 11. The molecule has 22 nitrogen and oxygen atoms in total. The molecule has 0 aromatic carbocycles. The molecule has 3 aliphatic carbocycles. The Labute approximate surface area is 551 Å². The van der Waals surface area contributed by atoms with Crippen molar-refractivity contribution in [3.05, 3.63) is 0 Å². The highest BCUT2D eigenvalue weighted by atomic mass is 35.5. The topological polar surface area (TPSA) is 250 Å². The van der Waals surface area contributed by atoms with E-state index in [9.17, 15) is 65.9 Å². The van der Waals surface area contributed by atoms with E-state index in [1.165, 1.54) is 68.9 Å². The zero-order valence-electron chi connectivity index (χ0n) is 57.2. The van der Waals surface area contributed by atoms with Crippen molar-refractivity contribution in [3.8, 4) is 0 Å². The van der Waals surface area contributed by atoms with E-state index >= 15 is 8.78 Å². The van der Waals surface area contributed by atoms with E-state index in [4.69, 9.17) is 11.6 Å². The fourth-order valence-electron chi connectivity index (χ4n) is 13.8. The zero-order valence-corrected chi connectivity index (χ0v) is 57.9. The summed E-state index contributed by atoms with van der Waals surface area (Å²) in [6.45, 7) is 9.41. The van der Waals surface area contributed by atoms with Gasteiger partial charge in [-0.25, -0.2) is 8.78 Å². The molecule has 528 valence electrons. The maximum atomic E-state index is 15.9. The lowest BCUT2D eigenvalue weighted by Gasteiger charge is -2.46. The summed E-state index contributed by atoms with van der Waals surface area (Å²) >= 11 is 6.31. The highest BCUT2D eigenvalue weighted by Crippen LogP contribution is 2.44. The maximum absolute atomic E-state index is 15.9. The zero-order chi connectivity index (χ0) is 69.9. The molecule has 3 N–H and O–H groups in total. The van der Waals surface area contributed by atoms with Gasteiger partial charge in [0.15, 0.2) is 0 Å². The van der Waals surface area contributed by atoms with E-state index in [2.05, 4.69) is 16.0 Å². The molecule has 93 heavy (non-hydrogen) atoms. The molecular weight excluding hydrogens is 1240 g/mol. The van der Waals surface area contributed by atoms with Crippen LogP contribution in [0.1, 0.15) is 170 Å². The summed E-state index contributed by atoms with van der Waals surface area (Å²) in [5.74, 6) is -15.3. The summed E-state index contributed by atoms with van der Waals surface area (Å²) in [5, 5.41) is 6.86. The molecule has 3 unspecified atom stereocenters. The third kappa shape index (κ3) is 19.9. The quantitative estimate of drug-likeness (QED) is 0.164. The van der Waals surface area contributed by atoms with E-state index in [0.717, 1.165) is 46.8 Å². The Kier molecular flexibility index (Phi) is 27.8. The van der Waals surface area contributed by atoms with Gasteiger partial charge >= 0.3 is 6.18 Å². The normalized spacial score (nSPS) is 30.1. The lowest BCUT2D eigenvalue weighted by molar-refractivity contribution is -0.182. The van der Waals surface area contributed by atoms with Gasteiger partial charge in [-0.3, -0.25) is 52.7 Å². The van der Waals surface area contributed by atoms with Gasteiger partial charge in [-0.1, -0.05) is 86.5 Å². The third-order valence-corrected chi connectivity index (χ3v) is 21.1. The van der Waals surface area contributed by atoms with Crippen molar-refractivity contribution in [1.29, 1.82) is 0 Å². The first-order chi connectivity index (χ1) is 43.3. The molecule has 28 heteroatoms. The molecule has 2 saturated heterocycles. The molecular formula is C65H105ClF5N11O11. The van der Waals surface area contributed by atoms with Crippen LogP contribution in [0.15, 0.2) is 0 Å². The summed E-state index contributed by atoms with van der Waals surface area (Å²) in [6, 6.07) is -9.02. The fourth-order valence-corrected chi connectivity index (χ4v) is 14.3. The van der Waals surface area contributed by atoms with Crippen molar-refractivity contribution in [3.63, 3.8) is 0 Å². The number of likely N-dealkylation sites (N-methyl/N-ethyl adjacent to an activating group) is 7. The molecule has 2 heterocycles. The predicted molar refractivity (Wildman–Crippen MR) is 338 cm³/mol. The standard InChI is InChI=1S/C65H105ClF5N11O11/c1-15-39(5)54-60(91)77(10)35-52(85)75(8)36-53(86)80(13)48(32-42-21-18-17-19-22-42)59(90)76(9)34-50(83)72-46(26-24-43-23-25-44(45(66)31-43)65(69,70)71)58(89)82-37-64(67,68)33-49(82)57(88)74-63(27-20-28-63)62(93)81(14)55(40(6)16-2)61(92)78(11)41(7)30-51(84)79(12)47(29-38(3)4)56(87)73-54/h38-49,54-55H,15-37H2,1-14H3,(H,72,83)(H,73,87)(H,74,88)/t39-,40-,41+,43?,44?,45?,46-,47-,48-,49-,54-,55-/m0/s1. The van der Waals surface area contributed by atoms with Gasteiger partial charge in [-0.2, -0.15) is 13.2 Å². The molecule has 0 aromatic rings. The number of amides is 11. The number of carbonyl (C=O) groups excluding carboxylic acids is 11. The van der Waals surface area contributed by atoms with E-state index in [-0.39, 0.29) is 76.0 Å². The van der Waals surface area contributed by atoms with E-state index in [0.29, 0.717) is 24.2 Å². The highest BCUT2D eigenvalue weighted by Gasteiger charge is 2.56. The molecule has 2 aliphatic heterocycles. The van der Waals surface area contributed by atoms with Gasteiger partial charge in [0.05, 0.1) is 32.1 Å². The summed E-state index contributed by atoms with van der Waals surface area (Å²) in [5.41, 5.74) is -1.72. The molecule has 12 atom stereocenters. The van der Waals surface area contributed by atoms with Crippen LogP contribution < -0.4 is 16.0 Å². The van der Waals surface area contributed by atoms with Crippen LogP contribution in [0.3, 0.4) is 0 Å². The second kappa shape index (κ2) is 33.2. The molecule has 0 aromatic heterocycles. The Morgan fingerprint density at radius 3 is 1.76 bits per heavy atom. The molecule has 0 radical (unpaired) electrons. The molecule has 11 amide bonds. The Balaban J connectivity index is 1.56. The van der Waals surface area contributed by atoms with Crippen LogP contribution >= 0.6 is 11.6 Å². The molecule has 1 spiro atoms. The van der Waals surface area contributed by atoms with Crippen LogP contribution in [-0.4, -0.2) is 245 Å². The summed E-state index contributed by atoms with van der Waals surface area (Å²) in [4.78, 5) is 169. The Hall–Kier alpha value is -5.89. The largest absolute Gasteiger partial charge is 0.393 e. The van der Waals surface area contributed by atoms with Crippen molar-refractivity contribution in [1.82, 2.24) is 55.1 Å². The number of carbonyl (C=O) groups is 11. The Morgan fingerprint density at radius 2 is 1.20 bits per heavy atom. The monoisotopic (exact) mass is 1350 g/mol. The van der Waals surface area contributed by atoms with Gasteiger partial charge in [0.1, 0.15) is 41.8 Å². The SMILES string of the molecule is CC[C@H](C)[C@@H]1NC(=O)[C@H](CC(C)C)N(C)C(=O)C[C@@H](C)N(C)C(=O)[C@H]([C@@H](C)CC)N(C)C(=O)C2(CCC2)NC(=O)[C@@H]2CC(F)(F)CN2C(=O)[C@H](CCC2CCC(C(F)(F)F)C(Cl)C2)NC(=O)CN(C)C(=O)[C@H](CC2CCCCC2)N(C)C(=O)CN(C)C(=O)CN(C)C1=O. The maximum Gasteiger partial charge on any atom is 0.393 e. The number of nitrogens with one attached hydrogen (secondary N) is 3. The van der Waals surface area contributed by atoms with Crippen LogP contribution in [0.25, 0.3) is 0 Å². The van der Waals surface area contributed by atoms with Gasteiger partial charge in [-0.15, -0.1) is 11.6 Å². The number of alkyl halides is 6. The van der Waals surface area contributed by atoms with Gasteiger partial charge in [0, 0.05) is 73.6 Å². The molecule has 0 bridgehead atoms. The lowest BCUT2D eigenvalue weighted by Crippen LogP contribution is -2.68. The van der Waals surface area contributed by atoms with Gasteiger partial charge in [0.2, 0.25) is 65.0 Å². The minimum Gasteiger partial charge on any atom is -0.343 e. The van der Waals surface area contributed by atoms with Gasteiger partial charge in [-0.05, 0) is 101 Å². The van der Waals surface area contributed by atoms with E-state index in [1.807, 2.05) is 27.7 Å². The molecule has 5 fully saturated rings. The number of hydrogen-bond acceptors (Lipinski definition) is 11. The minimum atomic E-state index is -4.57. The van der Waals surface area contributed by atoms with Crippen molar-refractivity contribution in [2.75, 3.05) is 75.5 Å². The van der Waals surface area contributed by atoms with Crippen LogP contribution in [0.2, 0.25) is 0 Å². The molecule has 5 rings (SSSR count). The first-order valence-electron chi connectivity index (χ1n) is 33.4. The summed E-state index contributed by atoms with van der Waals surface area (Å²) in [6.07, 6.45) is -0.911. The Bertz CT molecular complexity index is 2680. The van der Waals surface area contributed by atoms with E-state index in [1.54, 1.807) is 20.8 Å². The van der Waals surface area contributed by atoms with Crippen molar-refractivity contribution < 1.29 is 74.7 Å². The third-order valence-electron chi connectivity index (χ3n) is 20.7. The Morgan fingerprint density at radius 1 is 0.613 bits per heavy atom. The average molecular weight is 1350 g/mol. The molecule has 5 aliphatic rings. The lowest BCUT2D eigenvalue weighted by atomic mass is 9.74. The van der Waals surface area contributed by atoms with Crippen LogP contribution in [0.5, 0.6) is 0 Å². The summed E-state index contributed by atoms with van der Waals surface area (Å²) < 4.78 is 73.5. The van der Waals surface area contributed by atoms with Crippen molar-refractivity contribution in [2.45, 2.75) is 236 Å². The van der Waals surface area contributed by atoms with Crippen LogP contribution in [0.4, 0.5) is 22.0 Å². The first-order valence-corrected chi connectivity index (χ1v) is 33.8. The average Bonchev–Trinajstić information content (AvgIpc) is 1.76. The van der Waals surface area contributed by atoms with Crippen molar-refractivity contribution >= 4 is 76.6 Å². The first kappa shape index (κ1) is 77.8. The number of nitrogens with zero attached hydrogens (tertiary/aromatic N) is 8. The second-order valence-corrected chi connectivity index (χ2v) is 28.7. The van der Waals surface area contributed by atoms with Crippen LogP contribution in [-0.2, 0) is 52.7 Å². The van der Waals surface area contributed by atoms with Crippen LogP contribution in [0, 0.1) is 35.5 Å². The smallest absolute Gasteiger partial charge is 0.343 e. The highest BCUT2D eigenvalue weighted by molar-refractivity contribution is 6.20. The van der Waals surface area contributed by atoms with E-state index < -0.39 is 187 Å². The number of hydrogen-bond donors (Lipinski definition) is 3. The summed E-state index contributed by atoms with van der Waals surface area (Å²) in [7, 11) is 9.76.